The molecule has 2 N–H and O–H groups in total. The third-order valence-electron chi connectivity index (χ3n) is 5.42. The van der Waals surface area contributed by atoms with Gasteiger partial charge in [-0.15, -0.1) is 0 Å². The lowest BCUT2D eigenvalue weighted by Crippen LogP contribution is -2.19. The Hall–Kier alpha value is -3.48. The summed E-state index contributed by atoms with van der Waals surface area (Å²) in [5, 5.41) is 6.50. The Morgan fingerprint density at radius 1 is 0.935 bits per heavy atom. The van der Waals surface area contributed by atoms with E-state index in [4.69, 9.17) is 4.98 Å². The van der Waals surface area contributed by atoms with Crippen LogP contribution in [-0.2, 0) is 9.59 Å². The second kappa shape index (κ2) is 9.12. The number of carbonyl (C=O) groups excluding carboxylic acids is 2. The molecule has 1 aliphatic heterocycles. The van der Waals surface area contributed by atoms with Gasteiger partial charge in [-0.1, -0.05) is 0 Å². The molecule has 0 aliphatic carbocycles. The van der Waals surface area contributed by atoms with Gasteiger partial charge in [0.25, 0.3) is 0 Å². The number of anilines is 3. The number of nitrogens with one attached hydrogen (secondary N) is 2. The van der Waals surface area contributed by atoms with Crippen LogP contribution in [0.15, 0.2) is 48.5 Å². The summed E-state index contributed by atoms with van der Waals surface area (Å²) in [5.41, 5.74) is 3.19. The van der Waals surface area contributed by atoms with Crippen LogP contribution in [0.3, 0.4) is 0 Å². The zero-order chi connectivity index (χ0) is 21.8. The summed E-state index contributed by atoms with van der Waals surface area (Å²) in [5.74, 6) is 0.0968. The van der Waals surface area contributed by atoms with Crippen LogP contribution in [0.25, 0.3) is 10.9 Å². The van der Waals surface area contributed by atoms with Crippen LogP contribution in [0.2, 0.25) is 0 Å². The molecule has 1 aliphatic rings. The fourth-order valence-corrected chi connectivity index (χ4v) is 3.77. The average Bonchev–Trinajstić information content (AvgIpc) is 3.29. The second-order valence-electron chi connectivity index (χ2n) is 7.83. The molecule has 2 amide bonds. The Kier molecular flexibility index (Phi) is 6.11. The molecule has 1 aromatic heterocycles. The highest BCUT2D eigenvalue weighted by molar-refractivity contribution is 5.98. The fourth-order valence-electron chi connectivity index (χ4n) is 3.77. The molecule has 2 aromatic carbocycles. The average molecular weight is 420 g/mol. The number of amides is 2. The lowest BCUT2D eigenvalue weighted by Gasteiger charge is -2.18. The molecule has 1 saturated heterocycles. The Labute approximate surface area is 180 Å². The molecular formula is C24H25FN4O2. The molecule has 0 radical (unpaired) electrons. The largest absolute Gasteiger partial charge is 0.357 e. The van der Waals surface area contributed by atoms with Gasteiger partial charge in [0, 0.05) is 42.7 Å². The summed E-state index contributed by atoms with van der Waals surface area (Å²) in [4.78, 5) is 31.4. The Morgan fingerprint density at radius 2 is 1.55 bits per heavy atom. The van der Waals surface area contributed by atoms with Crippen LogP contribution < -0.4 is 15.5 Å². The molecule has 160 valence electrons. The van der Waals surface area contributed by atoms with Crippen molar-refractivity contribution in [3.8, 4) is 0 Å². The van der Waals surface area contributed by atoms with E-state index in [1.54, 1.807) is 0 Å². The highest BCUT2D eigenvalue weighted by Crippen LogP contribution is 2.27. The van der Waals surface area contributed by atoms with E-state index in [0.29, 0.717) is 11.4 Å². The first-order valence-corrected chi connectivity index (χ1v) is 10.5. The SMILES string of the molecule is Cc1cc(N2CCCC2)nc2ccc(NC(=O)CCC(=O)Nc3ccc(F)cc3)cc12. The van der Waals surface area contributed by atoms with E-state index in [1.807, 2.05) is 18.2 Å². The minimum atomic E-state index is -0.370. The normalized spacial score (nSPS) is 13.4. The molecule has 1 fully saturated rings. The fraction of sp³-hybridized carbons (Fsp3) is 0.292. The molecule has 0 unspecified atom stereocenters. The third-order valence-corrected chi connectivity index (χ3v) is 5.42. The van der Waals surface area contributed by atoms with Crippen LogP contribution in [-0.4, -0.2) is 29.9 Å². The monoisotopic (exact) mass is 420 g/mol. The van der Waals surface area contributed by atoms with Crippen LogP contribution in [0.5, 0.6) is 0 Å². The van der Waals surface area contributed by atoms with Crippen molar-refractivity contribution in [2.24, 2.45) is 0 Å². The van der Waals surface area contributed by atoms with E-state index in [1.165, 1.54) is 37.1 Å². The lowest BCUT2D eigenvalue weighted by molar-refractivity contribution is -0.121. The van der Waals surface area contributed by atoms with Crippen LogP contribution in [0, 0.1) is 12.7 Å². The number of fused-ring (bicyclic) bond motifs is 1. The van der Waals surface area contributed by atoms with Crippen molar-refractivity contribution in [3.05, 3.63) is 59.9 Å². The number of hydrogen-bond donors (Lipinski definition) is 2. The Balaban J connectivity index is 1.35. The van der Waals surface area contributed by atoms with Crippen molar-refractivity contribution in [2.75, 3.05) is 28.6 Å². The van der Waals surface area contributed by atoms with E-state index in [-0.39, 0.29) is 30.5 Å². The van der Waals surface area contributed by atoms with E-state index >= 15 is 0 Å². The van der Waals surface area contributed by atoms with Gasteiger partial charge in [-0.05, 0) is 73.9 Å². The number of hydrogen-bond acceptors (Lipinski definition) is 4. The molecule has 3 aromatic rings. The van der Waals surface area contributed by atoms with Crippen LogP contribution in [0.1, 0.15) is 31.2 Å². The lowest BCUT2D eigenvalue weighted by atomic mass is 10.1. The molecule has 31 heavy (non-hydrogen) atoms. The van der Waals surface area contributed by atoms with Crippen molar-refractivity contribution in [2.45, 2.75) is 32.6 Å². The zero-order valence-corrected chi connectivity index (χ0v) is 17.5. The first-order chi connectivity index (χ1) is 15.0. The summed E-state index contributed by atoms with van der Waals surface area (Å²) in [6.45, 7) is 4.14. The first-order valence-electron chi connectivity index (χ1n) is 10.5. The third kappa shape index (κ3) is 5.17. The maximum Gasteiger partial charge on any atom is 0.224 e. The number of rotatable bonds is 6. The number of nitrogens with zero attached hydrogens (tertiary/aromatic N) is 2. The highest BCUT2D eigenvalue weighted by Gasteiger charge is 2.15. The van der Waals surface area contributed by atoms with E-state index in [2.05, 4.69) is 28.5 Å². The highest BCUT2D eigenvalue weighted by atomic mass is 19.1. The topological polar surface area (TPSA) is 74.3 Å². The van der Waals surface area contributed by atoms with Gasteiger partial charge in [0.1, 0.15) is 11.6 Å². The Bertz CT molecular complexity index is 1110. The summed E-state index contributed by atoms with van der Waals surface area (Å²) >= 11 is 0. The van der Waals surface area contributed by atoms with E-state index in [9.17, 15) is 14.0 Å². The van der Waals surface area contributed by atoms with Crippen molar-refractivity contribution in [3.63, 3.8) is 0 Å². The molecule has 2 heterocycles. The Morgan fingerprint density at radius 3 is 2.23 bits per heavy atom. The van der Waals surface area contributed by atoms with Gasteiger partial charge >= 0.3 is 0 Å². The maximum absolute atomic E-state index is 12.9. The van der Waals surface area contributed by atoms with Crippen molar-refractivity contribution in [1.29, 1.82) is 0 Å². The van der Waals surface area contributed by atoms with Gasteiger partial charge in [-0.25, -0.2) is 9.37 Å². The van der Waals surface area contributed by atoms with E-state index < -0.39 is 0 Å². The standard InChI is InChI=1S/C24H25FN4O2/c1-16-14-22(29-12-2-3-13-29)28-21-9-8-19(15-20(16)21)27-24(31)11-10-23(30)26-18-6-4-17(25)5-7-18/h4-9,14-15H,2-3,10-13H2,1H3,(H,26,30)(H,27,31). The van der Waals surface area contributed by atoms with Gasteiger partial charge in [0.15, 0.2) is 0 Å². The molecule has 0 bridgehead atoms. The number of carbonyl (C=O) groups is 2. The van der Waals surface area contributed by atoms with Crippen molar-refractivity contribution in [1.82, 2.24) is 4.98 Å². The second-order valence-corrected chi connectivity index (χ2v) is 7.83. The number of halogens is 1. The molecule has 0 saturated carbocycles. The quantitative estimate of drug-likeness (QED) is 0.609. The molecule has 4 rings (SSSR count). The van der Waals surface area contributed by atoms with Gasteiger partial charge < -0.3 is 15.5 Å². The molecule has 0 spiro atoms. The molecule has 6 nitrogen and oxygen atoms in total. The molecular weight excluding hydrogens is 395 g/mol. The van der Waals surface area contributed by atoms with Crippen molar-refractivity contribution < 1.29 is 14.0 Å². The zero-order valence-electron chi connectivity index (χ0n) is 17.5. The minimum absolute atomic E-state index is 0.0383. The van der Waals surface area contributed by atoms with Crippen LogP contribution in [0.4, 0.5) is 21.6 Å². The predicted molar refractivity (Wildman–Crippen MR) is 121 cm³/mol. The number of benzene rings is 2. The predicted octanol–water partition coefficient (Wildman–Crippen LogP) is 4.64. The summed E-state index contributed by atoms with van der Waals surface area (Å²) in [7, 11) is 0. The maximum atomic E-state index is 12.9. The minimum Gasteiger partial charge on any atom is -0.357 e. The number of aryl methyl sites for hydroxylation is 1. The number of aromatic nitrogens is 1. The summed E-state index contributed by atoms with van der Waals surface area (Å²) in [6, 6.07) is 13.3. The van der Waals surface area contributed by atoms with Crippen molar-refractivity contribution >= 4 is 39.9 Å². The van der Waals surface area contributed by atoms with Gasteiger partial charge in [0.05, 0.1) is 5.52 Å². The first kappa shape index (κ1) is 20.8. The van der Waals surface area contributed by atoms with Gasteiger partial charge in [-0.3, -0.25) is 9.59 Å². The van der Waals surface area contributed by atoms with Crippen LogP contribution >= 0.6 is 0 Å². The van der Waals surface area contributed by atoms with Gasteiger partial charge in [0.2, 0.25) is 11.8 Å². The van der Waals surface area contributed by atoms with Gasteiger partial charge in [-0.2, -0.15) is 0 Å². The van der Waals surface area contributed by atoms with E-state index in [0.717, 1.165) is 35.4 Å². The summed E-state index contributed by atoms with van der Waals surface area (Å²) < 4.78 is 12.9. The summed E-state index contributed by atoms with van der Waals surface area (Å²) in [6.07, 6.45) is 2.49. The molecule has 7 heteroatoms. The smallest absolute Gasteiger partial charge is 0.224 e. The molecule has 0 atom stereocenters. The number of pyridine rings is 1.